The minimum absolute atomic E-state index is 0.276. The molecule has 0 saturated carbocycles. The molecule has 1 fully saturated rings. The molecule has 6 nitrogen and oxygen atoms in total. The van der Waals surface area contributed by atoms with E-state index < -0.39 is 0 Å². The Morgan fingerprint density at radius 3 is 2.25 bits per heavy atom. The second kappa shape index (κ2) is 7.48. The molecule has 1 saturated heterocycles. The number of hydrogen-bond acceptors (Lipinski definition) is 5. The fourth-order valence-corrected chi connectivity index (χ4v) is 3.69. The standard InChI is InChI=1S/C22H23N3O3/c1-23-11-13-24(14-12-23)20-19(16-7-4-3-5-8-16)21(26)25(22(20)27)17-9-6-10-18(15-17)28-2/h3-10,15H,11-14H2,1-2H3. The van der Waals surface area contributed by atoms with E-state index in [0.29, 0.717) is 35.8 Å². The van der Waals surface area contributed by atoms with Crippen molar-refractivity contribution in [1.29, 1.82) is 0 Å². The van der Waals surface area contributed by atoms with Crippen LogP contribution in [0.3, 0.4) is 0 Å². The highest BCUT2D eigenvalue weighted by Gasteiger charge is 2.42. The molecule has 0 aromatic heterocycles. The van der Waals surface area contributed by atoms with Gasteiger partial charge in [0.05, 0.1) is 18.4 Å². The third-order valence-corrected chi connectivity index (χ3v) is 5.25. The zero-order chi connectivity index (χ0) is 19.7. The maximum Gasteiger partial charge on any atom is 0.282 e. The summed E-state index contributed by atoms with van der Waals surface area (Å²) in [4.78, 5) is 32.4. The molecule has 2 heterocycles. The summed E-state index contributed by atoms with van der Waals surface area (Å²) < 4.78 is 5.27. The zero-order valence-corrected chi connectivity index (χ0v) is 16.1. The van der Waals surface area contributed by atoms with Crippen molar-refractivity contribution >= 4 is 23.1 Å². The predicted octanol–water partition coefficient (Wildman–Crippen LogP) is 2.23. The van der Waals surface area contributed by atoms with Gasteiger partial charge in [-0.2, -0.15) is 0 Å². The van der Waals surface area contributed by atoms with Crippen LogP contribution in [0.5, 0.6) is 5.75 Å². The highest BCUT2D eigenvalue weighted by Crippen LogP contribution is 2.36. The van der Waals surface area contributed by atoms with E-state index in [4.69, 9.17) is 4.74 Å². The van der Waals surface area contributed by atoms with Crippen LogP contribution in [0.25, 0.3) is 5.57 Å². The molecule has 2 aliphatic rings. The number of piperazine rings is 1. The summed E-state index contributed by atoms with van der Waals surface area (Å²) in [5.41, 5.74) is 2.25. The third-order valence-electron chi connectivity index (χ3n) is 5.25. The first kappa shape index (κ1) is 18.3. The first-order chi connectivity index (χ1) is 13.6. The number of nitrogens with zero attached hydrogens (tertiary/aromatic N) is 3. The van der Waals surface area contributed by atoms with Crippen molar-refractivity contribution in [2.45, 2.75) is 0 Å². The summed E-state index contributed by atoms with van der Waals surface area (Å²) in [5.74, 6) is 0.0347. The number of likely N-dealkylation sites (N-methyl/N-ethyl adjacent to an activating group) is 1. The largest absolute Gasteiger partial charge is 0.497 e. The Balaban J connectivity index is 1.79. The van der Waals surface area contributed by atoms with Crippen LogP contribution in [0.2, 0.25) is 0 Å². The molecular formula is C22H23N3O3. The van der Waals surface area contributed by atoms with Gasteiger partial charge in [-0.15, -0.1) is 0 Å². The average molecular weight is 377 g/mol. The van der Waals surface area contributed by atoms with Crippen LogP contribution in [0.1, 0.15) is 5.56 Å². The Labute approximate surface area is 164 Å². The number of anilines is 1. The number of imide groups is 1. The van der Waals surface area contributed by atoms with Gasteiger partial charge in [0.2, 0.25) is 0 Å². The first-order valence-corrected chi connectivity index (χ1v) is 9.36. The molecule has 144 valence electrons. The zero-order valence-electron chi connectivity index (χ0n) is 16.1. The van der Waals surface area contributed by atoms with E-state index in [0.717, 1.165) is 18.7 Å². The van der Waals surface area contributed by atoms with E-state index >= 15 is 0 Å². The molecule has 4 rings (SSSR count). The van der Waals surface area contributed by atoms with Crippen LogP contribution in [-0.2, 0) is 9.59 Å². The van der Waals surface area contributed by atoms with Gasteiger partial charge >= 0.3 is 0 Å². The van der Waals surface area contributed by atoms with E-state index in [1.165, 1.54) is 4.90 Å². The lowest BCUT2D eigenvalue weighted by Gasteiger charge is -2.34. The first-order valence-electron chi connectivity index (χ1n) is 9.36. The number of ether oxygens (including phenoxy) is 1. The normalized spacial score (nSPS) is 18.2. The number of carbonyl (C=O) groups excluding carboxylic acids is 2. The van der Waals surface area contributed by atoms with Crippen LogP contribution >= 0.6 is 0 Å². The van der Waals surface area contributed by atoms with Crippen molar-refractivity contribution in [2.24, 2.45) is 0 Å². The molecule has 0 spiro atoms. The van der Waals surface area contributed by atoms with E-state index in [9.17, 15) is 9.59 Å². The minimum Gasteiger partial charge on any atom is -0.497 e. The Morgan fingerprint density at radius 2 is 1.57 bits per heavy atom. The molecule has 2 aromatic carbocycles. The Hall–Kier alpha value is -3.12. The number of rotatable bonds is 4. The minimum atomic E-state index is -0.293. The molecule has 0 unspecified atom stereocenters. The maximum absolute atomic E-state index is 13.4. The van der Waals surface area contributed by atoms with Gasteiger partial charge in [0.15, 0.2) is 0 Å². The molecule has 0 atom stereocenters. The summed E-state index contributed by atoms with van der Waals surface area (Å²) in [5, 5.41) is 0. The van der Waals surface area contributed by atoms with Gasteiger partial charge in [-0.05, 0) is 24.7 Å². The molecule has 2 amide bonds. The van der Waals surface area contributed by atoms with Crippen LogP contribution in [-0.4, -0.2) is 62.0 Å². The summed E-state index contributed by atoms with van der Waals surface area (Å²) in [6.45, 7) is 3.14. The van der Waals surface area contributed by atoms with E-state index in [-0.39, 0.29) is 11.8 Å². The highest BCUT2D eigenvalue weighted by atomic mass is 16.5. The number of carbonyl (C=O) groups is 2. The topological polar surface area (TPSA) is 53.1 Å². The number of benzene rings is 2. The summed E-state index contributed by atoms with van der Waals surface area (Å²) >= 11 is 0. The molecule has 0 radical (unpaired) electrons. The van der Waals surface area contributed by atoms with Gasteiger partial charge in [0.25, 0.3) is 11.8 Å². The maximum atomic E-state index is 13.4. The Kier molecular flexibility index (Phi) is 4.88. The molecule has 2 aliphatic heterocycles. The number of amides is 2. The van der Waals surface area contributed by atoms with Crippen LogP contribution in [0.4, 0.5) is 5.69 Å². The molecule has 0 aliphatic carbocycles. The second-order valence-electron chi connectivity index (χ2n) is 7.03. The van der Waals surface area contributed by atoms with Crippen molar-refractivity contribution in [1.82, 2.24) is 9.80 Å². The Morgan fingerprint density at radius 1 is 0.857 bits per heavy atom. The Bertz CT molecular complexity index is 931. The van der Waals surface area contributed by atoms with Gasteiger partial charge < -0.3 is 14.5 Å². The average Bonchev–Trinajstić information content (AvgIpc) is 2.99. The molecular weight excluding hydrogens is 354 g/mol. The molecule has 0 bridgehead atoms. The lowest BCUT2D eigenvalue weighted by Crippen LogP contribution is -2.46. The second-order valence-corrected chi connectivity index (χ2v) is 7.03. The fourth-order valence-electron chi connectivity index (χ4n) is 3.69. The van der Waals surface area contributed by atoms with Gasteiger partial charge in [-0.3, -0.25) is 9.59 Å². The van der Waals surface area contributed by atoms with Crippen LogP contribution in [0, 0.1) is 0 Å². The van der Waals surface area contributed by atoms with Crippen molar-refractivity contribution in [3.8, 4) is 5.75 Å². The summed E-state index contributed by atoms with van der Waals surface area (Å²) in [6.07, 6.45) is 0. The quantitative estimate of drug-likeness (QED) is 0.765. The monoisotopic (exact) mass is 377 g/mol. The van der Waals surface area contributed by atoms with E-state index in [1.54, 1.807) is 31.4 Å². The van der Waals surface area contributed by atoms with Gasteiger partial charge in [0, 0.05) is 32.2 Å². The van der Waals surface area contributed by atoms with Gasteiger partial charge in [-0.25, -0.2) is 4.90 Å². The van der Waals surface area contributed by atoms with Crippen molar-refractivity contribution in [3.63, 3.8) is 0 Å². The molecule has 6 heteroatoms. The predicted molar refractivity (Wildman–Crippen MR) is 108 cm³/mol. The van der Waals surface area contributed by atoms with Gasteiger partial charge in [-0.1, -0.05) is 36.4 Å². The summed E-state index contributed by atoms with van der Waals surface area (Å²) in [6, 6.07) is 16.5. The molecule has 28 heavy (non-hydrogen) atoms. The van der Waals surface area contributed by atoms with Crippen molar-refractivity contribution in [3.05, 3.63) is 65.9 Å². The SMILES string of the molecule is COc1cccc(N2C(=O)C(c3ccccc3)=C(N3CCN(C)CC3)C2=O)c1. The third kappa shape index (κ3) is 3.16. The van der Waals surface area contributed by atoms with Gasteiger partial charge in [0.1, 0.15) is 11.4 Å². The van der Waals surface area contributed by atoms with Crippen LogP contribution < -0.4 is 9.64 Å². The van der Waals surface area contributed by atoms with Crippen molar-refractivity contribution < 1.29 is 14.3 Å². The highest BCUT2D eigenvalue weighted by molar-refractivity contribution is 6.45. The van der Waals surface area contributed by atoms with Crippen LogP contribution in [0.15, 0.2) is 60.3 Å². The van der Waals surface area contributed by atoms with Crippen molar-refractivity contribution in [2.75, 3.05) is 45.2 Å². The number of hydrogen-bond donors (Lipinski definition) is 0. The summed E-state index contributed by atoms with van der Waals surface area (Å²) in [7, 11) is 3.63. The fraction of sp³-hybridized carbons (Fsp3) is 0.273. The smallest absolute Gasteiger partial charge is 0.282 e. The lowest BCUT2D eigenvalue weighted by molar-refractivity contribution is -0.120. The molecule has 0 N–H and O–H groups in total. The van der Waals surface area contributed by atoms with E-state index in [2.05, 4.69) is 11.9 Å². The lowest BCUT2D eigenvalue weighted by atomic mass is 10.0. The number of methoxy groups -OCH3 is 1. The molecule has 2 aromatic rings. The van der Waals surface area contributed by atoms with E-state index in [1.807, 2.05) is 35.2 Å².